The fourth-order valence-electron chi connectivity index (χ4n) is 7.48. The van der Waals surface area contributed by atoms with Gasteiger partial charge in [0.25, 0.3) is 0 Å². The third-order valence-electron chi connectivity index (χ3n) is 9.26. The number of hydrogen-bond donors (Lipinski definition) is 2. The van der Waals surface area contributed by atoms with Gasteiger partial charge in [-0.3, -0.25) is 4.79 Å². The lowest BCUT2D eigenvalue weighted by atomic mass is 9.45. The van der Waals surface area contributed by atoms with E-state index in [1.807, 2.05) is 0 Å². The molecule has 4 saturated carbocycles. The summed E-state index contributed by atoms with van der Waals surface area (Å²) < 4.78 is 5.05. The Labute approximate surface area is 180 Å². The van der Waals surface area contributed by atoms with Crippen LogP contribution in [0.1, 0.15) is 83.3 Å². The molecule has 0 amide bonds. The molecule has 0 radical (unpaired) electrons. The van der Waals surface area contributed by atoms with Crippen LogP contribution in [-0.4, -0.2) is 28.2 Å². The van der Waals surface area contributed by atoms with E-state index in [0.29, 0.717) is 29.4 Å². The van der Waals surface area contributed by atoms with Crippen molar-refractivity contribution in [3.05, 3.63) is 17.8 Å². The first-order valence-corrected chi connectivity index (χ1v) is 11.9. The Morgan fingerprint density at radius 2 is 1.97 bits per heavy atom. The molecule has 0 saturated heterocycles. The van der Waals surface area contributed by atoms with Crippen LogP contribution in [-0.2, 0) is 11.2 Å². The van der Waals surface area contributed by atoms with Crippen molar-refractivity contribution in [1.82, 2.24) is 4.98 Å². The second-order valence-corrected chi connectivity index (χ2v) is 10.7. The van der Waals surface area contributed by atoms with Crippen LogP contribution in [0.15, 0.2) is 10.6 Å². The quantitative estimate of drug-likeness (QED) is 0.702. The molecule has 5 nitrogen and oxygen atoms in total. The van der Waals surface area contributed by atoms with E-state index in [9.17, 15) is 4.79 Å². The normalized spacial score (nSPS) is 40.1. The lowest BCUT2D eigenvalue weighted by Gasteiger charge is -2.59. The van der Waals surface area contributed by atoms with Crippen molar-refractivity contribution in [2.24, 2.45) is 34.5 Å². The van der Waals surface area contributed by atoms with Crippen molar-refractivity contribution >= 4 is 11.5 Å². The number of hydrogen-bond acceptors (Lipinski definition) is 5. The fraction of sp³-hybridized carbons (Fsp3) is 0.800. The predicted molar refractivity (Wildman–Crippen MR) is 116 cm³/mol. The average Bonchev–Trinajstić information content (AvgIpc) is 3.26. The second kappa shape index (κ2) is 8.22. The maximum absolute atomic E-state index is 12.4. The number of aromatic nitrogens is 1. The molecule has 0 bridgehead atoms. The number of carbonyl (C=O) groups is 1. The largest absolute Gasteiger partial charge is 0.446 e. The number of carbonyl (C=O) groups excluding carboxylic acids is 1. The van der Waals surface area contributed by atoms with Crippen LogP contribution in [0.4, 0.5) is 0 Å². The van der Waals surface area contributed by atoms with Crippen molar-refractivity contribution in [2.75, 3.05) is 6.61 Å². The van der Waals surface area contributed by atoms with E-state index in [2.05, 4.69) is 18.8 Å². The van der Waals surface area contributed by atoms with E-state index in [-0.39, 0.29) is 12.0 Å². The zero-order valence-electron chi connectivity index (χ0n) is 18.9. The van der Waals surface area contributed by atoms with Gasteiger partial charge in [0.05, 0.1) is 12.8 Å². The van der Waals surface area contributed by atoms with E-state index >= 15 is 0 Å². The molecule has 4 aliphatic carbocycles. The molecule has 2 N–H and O–H groups in total. The van der Waals surface area contributed by atoms with Crippen molar-refractivity contribution in [3.63, 3.8) is 0 Å². The average molecular weight is 415 g/mol. The van der Waals surface area contributed by atoms with Crippen molar-refractivity contribution in [1.29, 1.82) is 5.41 Å². The number of nitrogens with zero attached hydrogens (tertiary/aromatic N) is 1. The number of aliphatic hydroxyl groups excluding tert-OH is 1. The van der Waals surface area contributed by atoms with Gasteiger partial charge in [0.1, 0.15) is 11.5 Å². The molecule has 30 heavy (non-hydrogen) atoms. The molecule has 1 aromatic rings. The van der Waals surface area contributed by atoms with E-state index in [1.54, 1.807) is 13.1 Å². The summed E-state index contributed by atoms with van der Waals surface area (Å²) >= 11 is 0. The van der Waals surface area contributed by atoms with Gasteiger partial charge in [0.2, 0.25) is 0 Å². The van der Waals surface area contributed by atoms with E-state index in [1.165, 1.54) is 25.7 Å². The van der Waals surface area contributed by atoms with Crippen molar-refractivity contribution in [3.8, 4) is 0 Å². The predicted octanol–water partition coefficient (Wildman–Crippen LogP) is 5.14. The highest BCUT2D eigenvalue weighted by molar-refractivity contribution is 5.87. The molecule has 6 atom stereocenters. The summed E-state index contributed by atoms with van der Waals surface area (Å²) in [6, 6.07) is 0. The van der Waals surface area contributed by atoms with Crippen LogP contribution in [0.2, 0.25) is 0 Å². The summed E-state index contributed by atoms with van der Waals surface area (Å²) in [6.07, 6.45) is 12.5. The number of oxazole rings is 1. The van der Waals surface area contributed by atoms with Gasteiger partial charge in [-0.1, -0.05) is 13.8 Å². The van der Waals surface area contributed by atoms with Crippen LogP contribution in [0, 0.1) is 46.8 Å². The van der Waals surface area contributed by atoms with Crippen LogP contribution in [0.3, 0.4) is 0 Å². The molecule has 0 aromatic carbocycles. The molecule has 0 spiro atoms. The molecule has 5 rings (SSSR count). The summed E-state index contributed by atoms with van der Waals surface area (Å²) in [7, 11) is 0. The maximum Gasteiger partial charge on any atom is 0.191 e. The van der Waals surface area contributed by atoms with Gasteiger partial charge in [0.15, 0.2) is 5.89 Å². The van der Waals surface area contributed by atoms with Crippen LogP contribution >= 0.6 is 0 Å². The van der Waals surface area contributed by atoms with Crippen molar-refractivity contribution in [2.45, 2.75) is 85.0 Å². The number of Topliss-reactive ketones (excluding diaryl/α,β-unsaturated/α-hetero) is 1. The molecular weight excluding hydrogens is 376 g/mol. The first-order valence-electron chi connectivity index (χ1n) is 11.9. The highest BCUT2D eigenvalue weighted by atomic mass is 16.4. The van der Waals surface area contributed by atoms with Crippen molar-refractivity contribution < 1.29 is 14.3 Å². The third-order valence-corrected chi connectivity index (χ3v) is 9.26. The molecule has 1 aromatic heterocycles. The third kappa shape index (κ3) is 3.68. The van der Waals surface area contributed by atoms with E-state index in [4.69, 9.17) is 14.9 Å². The monoisotopic (exact) mass is 414 g/mol. The zero-order chi connectivity index (χ0) is 21.5. The smallest absolute Gasteiger partial charge is 0.191 e. The fourth-order valence-corrected chi connectivity index (χ4v) is 7.48. The number of ketones is 1. The maximum atomic E-state index is 12.4. The minimum absolute atomic E-state index is 0.0196. The lowest BCUT2D eigenvalue weighted by molar-refractivity contribution is -0.136. The number of rotatable bonds is 2. The van der Waals surface area contributed by atoms with Crippen LogP contribution < -0.4 is 0 Å². The summed E-state index contributed by atoms with van der Waals surface area (Å²) in [5.41, 5.74) is 1.47. The standard InChI is InChI=1S/C19H29NO.C6H9NO2/c1-18-9-7-13(20)11-12(18)3-4-14-15-5-6-17(21)19(15,2)10-8-16(14)18;1-5-7-4-6(9-5)2-3-8/h12,14-16,20H,3-11H2,1-2H3;4,8H,2-3H2,1H3/t12?,14?,15?,16?,18-,19-;/m0./s1. The summed E-state index contributed by atoms with van der Waals surface area (Å²) in [6.45, 7) is 6.70. The molecule has 4 aliphatic rings. The second-order valence-electron chi connectivity index (χ2n) is 10.7. The van der Waals surface area contributed by atoms with E-state index in [0.717, 1.165) is 61.3 Å². The Bertz CT molecular complexity index is 802. The van der Waals surface area contributed by atoms with Gasteiger partial charge in [0, 0.05) is 30.9 Å². The minimum Gasteiger partial charge on any atom is -0.446 e. The van der Waals surface area contributed by atoms with Gasteiger partial charge >= 0.3 is 0 Å². The molecule has 0 aliphatic heterocycles. The Kier molecular flexibility index (Phi) is 5.95. The van der Waals surface area contributed by atoms with Gasteiger partial charge in [-0.25, -0.2) is 4.98 Å². The number of nitrogens with one attached hydrogen (secondary N) is 1. The van der Waals surface area contributed by atoms with E-state index < -0.39 is 0 Å². The summed E-state index contributed by atoms with van der Waals surface area (Å²) in [5.74, 6) is 5.00. The summed E-state index contributed by atoms with van der Waals surface area (Å²) in [5, 5.41) is 16.5. The van der Waals surface area contributed by atoms with Gasteiger partial charge in [-0.2, -0.15) is 0 Å². The SMILES string of the molecule is C[C@]12CCC(=N)CC1CCC1C2CC[C@]2(C)C(=O)CCC12.Cc1ncc(CCO)o1. The number of aryl methyl sites for hydroxylation is 1. The number of fused-ring (bicyclic) bond motifs is 5. The highest BCUT2D eigenvalue weighted by Crippen LogP contribution is 2.65. The highest BCUT2D eigenvalue weighted by Gasteiger charge is 2.59. The van der Waals surface area contributed by atoms with Crippen LogP contribution in [0.25, 0.3) is 0 Å². The Morgan fingerprint density at radius 1 is 1.17 bits per heavy atom. The molecule has 1 heterocycles. The summed E-state index contributed by atoms with van der Waals surface area (Å²) in [4.78, 5) is 16.2. The molecule has 4 unspecified atom stereocenters. The van der Waals surface area contributed by atoms with Crippen LogP contribution in [0.5, 0.6) is 0 Å². The molecular formula is C25H38N2O3. The zero-order valence-corrected chi connectivity index (χ0v) is 18.9. The van der Waals surface area contributed by atoms with Gasteiger partial charge in [-0.05, 0) is 80.5 Å². The number of aliphatic hydroxyl groups is 1. The Hall–Kier alpha value is -1.49. The first-order chi connectivity index (χ1) is 14.3. The minimum atomic E-state index is 0.0196. The first kappa shape index (κ1) is 21.7. The Balaban J connectivity index is 0.000000204. The van der Waals surface area contributed by atoms with Gasteiger partial charge in [-0.15, -0.1) is 0 Å². The molecule has 166 valence electrons. The topological polar surface area (TPSA) is 87.2 Å². The van der Waals surface area contributed by atoms with Gasteiger partial charge < -0.3 is 14.9 Å². The Morgan fingerprint density at radius 3 is 2.67 bits per heavy atom. The molecule has 4 fully saturated rings. The lowest BCUT2D eigenvalue weighted by Crippen LogP contribution is -2.53. The molecule has 5 heteroatoms.